The Labute approximate surface area is 112 Å². The standard InChI is InChI=1S/C14H15N3O2/c1-19-13-6-2-5-12(11-13)14(18)17(9-3-7-15)10-4-8-16/h2,5-6,11H,3-4,9-10H2,1H3. The highest BCUT2D eigenvalue weighted by Gasteiger charge is 2.15. The Hall–Kier alpha value is -2.53. The minimum Gasteiger partial charge on any atom is -0.497 e. The predicted octanol–water partition coefficient (Wildman–Crippen LogP) is 1.96. The van der Waals surface area contributed by atoms with Crippen LogP contribution in [-0.4, -0.2) is 31.0 Å². The normalized spacial score (nSPS) is 9.21. The van der Waals surface area contributed by atoms with E-state index in [9.17, 15) is 4.79 Å². The highest BCUT2D eigenvalue weighted by Crippen LogP contribution is 2.14. The number of rotatable bonds is 6. The Balaban J connectivity index is 2.85. The molecule has 1 aromatic rings. The fourth-order valence-electron chi connectivity index (χ4n) is 1.62. The van der Waals surface area contributed by atoms with Crippen LogP contribution in [0.5, 0.6) is 5.75 Å². The smallest absolute Gasteiger partial charge is 0.254 e. The monoisotopic (exact) mass is 257 g/mol. The molecule has 0 saturated carbocycles. The van der Waals surface area contributed by atoms with E-state index in [1.165, 1.54) is 12.0 Å². The van der Waals surface area contributed by atoms with Crippen molar-refractivity contribution >= 4 is 5.91 Å². The van der Waals surface area contributed by atoms with Crippen molar-refractivity contribution in [1.29, 1.82) is 10.5 Å². The van der Waals surface area contributed by atoms with Crippen LogP contribution in [0.15, 0.2) is 24.3 Å². The molecule has 1 amide bonds. The van der Waals surface area contributed by atoms with Gasteiger partial charge >= 0.3 is 0 Å². The first-order valence-electron chi connectivity index (χ1n) is 5.90. The van der Waals surface area contributed by atoms with E-state index in [1.54, 1.807) is 24.3 Å². The highest BCUT2D eigenvalue weighted by molar-refractivity contribution is 5.94. The molecule has 0 bridgehead atoms. The van der Waals surface area contributed by atoms with E-state index >= 15 is 0 Å². The Morgan fingerprint density at radius 1 is 1.26 bits per heavy atom. The lowest BCUT2D eigenvalue weighted by molar-refractivity contribution is 0.0762. The van der Waals surface area contributed by atoms with Crippen molar-refractivity contribution in [3.63, 3.8) is 0 Å². The van der Waals surface area contributed by atoms with Crippen LogP contribution in [0.2, 0.25) is 0 Å². The number of methoxy groups -OCH3 is 1. The lowest BCUT2D eigenvalue weighted by Crippen LogP contribution is -2.32. The Morgan fingerprint density at radius 2 is 1.89 bits per heavy atom. The van der Waals surface area contributed by atoms with Crippen LogP contribution in [0.25, 0.3) is 0 Å². The molecule has 0 saturated heterocycles. The van der Waals surface area contributed by atoms with Crippen molar-refractivity contribution in [2.75, 3.05) is 20.2 Å². The second kappa shape index (κ2) is 7.73. The lowest BCUT2D eigenvalue weighted by Gasteiger charge is -2.20. The molecule has 0 spiro atoms. The average molecular weight is 257 g/mol. The van der Waals surface area contributed by atoms with Gasteiger partial charge < -0.3 is 9.64 Å². The van der Waals surface area contributed by atoms with Gasteiger partial charge in [0, 0.05) is 18.7 Å². The number of nitriles is 2. The number of hydrogen-bond acceptors (Lipinski definition) is 4. The van der Waals surface area contributed by atoms with E-state index in [2.05, 4.69) is 0 Å². The van der Waals surface area contributed by atoms with Crippen molar-refractivity contribution in [1.82, 2.24) is 4.90 Å². The maximum Gasteiger partial charge on any atom is 0.254 e. The zero-order valence-electron chi connectivity index (χ0n) is 10.8. The molecular weight excluding hydrogens is 242 g/mol. The number of carbonyl (C=O) groups is 1. The predicted molar refractivity (Wildman–Crippen MR) is 69.4 cm³/mol. The van der Waals surface area contributed by atoms with Gasteiger partial charge in [0.25, 0.3) is 5.91 Å². The van der Waals surface area contributed by atoms with Gasteiger partial charge in [-0.2, -0.15) is 10.5 Å². The summed E-state index contributed by atoms with van der Waals surface area (Å²) in [5.41, 5.74) is 0.496. The van der Waals surface area contributed by atoms with Crippen LogP contribution < -0.4 is 4.74 Å². The van der Waals surface area contributed by atoms with Crippen LogP contribution in [0.4, 0.5) is 0 Å². The molecule has 0 aliphatic carbocycles. The summed E-state index contributed by atoms with van der Waals surface area (Å²) in [5, 5.41) is 17.2. The van der Waals surface area contributed by atoms with Gasteiger partial charge in [-0.1, -0.05) is 6.07 Å². The average Bonchev–Trinajstić information content (AvgIpc) is 2.47. The van der Waals surface area contributed by atoms with Gasteiger partial charge in [0.05, 0.1) is 32.1 Å². The summed E-state index contributed by atoms with van der Waals surface area (Å²) >= 11 is 0. The topological polar surface area (TPSA) is 77.1 Å². The summed E-state index contributed by atoms with van der Waals surface area (Å²) in [6.07, 6.45) is 0.502. The van der Waals surface area contributed by atoms with Crippen molar-refractivity contribution in [2.45, 2.75) is 12.8 Å². The first-order valence-corrected chi connectivity index (χ1v) is 5.90. The van der Waals surface area contributed by atoms with Crippen molar-refractivity contribution < 1.29 is 9.53 Å². The molecule has 0 aliphatic rings. The van der Waals surface area contributed by atoms with Gasteiger partial charge in [-0.25, -0.2) is 0 Å². The molecule has 0 N–H and O–H groups in total. The lowest BCUT2D eigenvalue weighted by atomic mass is 10.1. The molecule has 19 heavy (non-hydrogen) atoms. The van der Waals surface area contributed by atoms with Gasteiger partial charge in [-0.05, 0) is 18.2 Å². The molecule has 98 valence electrons. The van der Waals surface area contributed by atoms with Crippen LogP contribution >= 0.6 is 0 Å². The zero-order valence-corrected chi connectivity index (χ0v) is 10.8. The van der Waals surface area contributed by atoms with E-state index in [1.807, 2.05) is 12.1 Å². The number of ether oxygens (including phenoxy) is 1. The molecule has 5 heteroatoms. The van der Waals surface area contributed by atoms with Crippen LogP contribution in [-0.2, 0) is 0 Å². The summed E-state index contributed by atoms with van der Waals surface area (Å²) in [6.45, 7) is 0.655. The Kier molecular flexibility index (Phi) is 5.91. The van der Waals surface area contributed by atoms with Gasteiger partial charge in [0.15, 0.2) is 0 Å². The zero-order chi connectivity index (χ0) is 14.1. The molecule has 1 aromatic carbocycles. The largest absolute Gasteiger partial charge is 0.497 e. The van der Waals surface area contributed by atoms with Crippen molar-refractivity contribution in [2.24, 2.45) is 0 Å². The van der Waals surface area contributed by atoms with Crippen molar-refractivity contribution in [3.05, 3.63) is 29.8 Å². The first kappa shape index (κ1) is 14.5. The molecule has 0 atom stereocenters. The van der Waals surface area contributed by atoms with Gasteiger partial charge in [-0.15, -0.1) is 0 Å². The summed E-state index contributed by atoms with van der Waals surface area (Å²) < 4.78 is 5.07. The molecular formula is C14H15N3O2. The summed E-state index contributed by atoms with van der Waals surface area (Å²) in [5.74, 6) is 0.413. The molecule has 1 rings (SSSR count). The third kappa shape index (κ3) is 4.33. The first-order chi connectivity index (χ1) is 9.22. The Bertz CT molecular complexity index is 496. The fraction of sp³-hybridized carbons (Fsp3) is 0.357. The molecule has 5 nitrogen and oxygen atoms in total. The number of nitrogens with zero attached hydrogens (tertiary/aromatic N) is 3. The van der Waals surface area contributed by atoms with Crippen LogP contribution in [0.1, 0.15) is 23.2 Å². The maximum atomic E-state index is 12.3. The quantitative estimate of drug-likeness (QED) is 0.780. The second-order valence-corrected chi connectivity index (χ2v) is 3.84. The molecule has 0 aromatic heterocycles. The van der Waals surface area contributed by atoms with Gasteiger partial charge in [-0.3, -0.25) is 4.79 Å². The van der Waals surface area contributed by atoms with Crippen LogP contribution in [0.3, 0.4) is 0 Å². The summed E-state index contributed by atoms with van der Waals surface area (Å²) in [6, 6.07) is 10.8. The molecule has 0 unspecified atom stereocenters. The van der Waals surface area contributed by atoms with Crippen LogP contribution in [0, 0.1) is 22.7 Å². The molecule has 0 aliphatic heterocycles. The molecule has 0 fully saturated rings. The fourth-order valence-corrected chi connectivity index (χ4v) is 1.62. The SMILES string of the molecule is COc1cccc(C(=O)N(CCC#N)CCC#N)c1. The summed E-state index contributed by atoms with van der Waals surface area (Å²) in [7, 11) is 1.53. The second-order valence-electron chi connectivity index (χ2n) is 3.84. The summed E-state index contributed by atoms with van der Waals surface area (Å²) in [4.78, 5) is 13.8. The minimum absolute atomic E-state index is 0.190. The number of carbonyl (C=O) groups excluding carboxylic acids is 1. The van der Waals surface area contributed by atoms with Gasteiger partial charge in [0.1, 0.15) is 5.75 Å². The van der Waals surface area contributed by atoms with Crippen molar-refractivity contribution in [3.8, 4) is 17.9 Å². The van der Waals surface area contributed by atoms with E-state index in [0.717, 1.165) is 0 Å². The minimum atomic E-state index is -0.190. The molecule has 0 radical (unpaired) electrons. The highest BCUT2D eigenvalue weighted by atomic mass is 16.5. The number of benzene rings is 1. The number of amides is 1. The van der Waals surface area contributed by atoms with E-state index in [4.69, 9.17) is 15.3 Å². The van der Waals surface area contributed by atoms with E-state index in [-0.39, 0.29) is 18.7 Å². The van der Waals surface area contributed by atoms with Gasteiger partial charge in [0.2, 0.25) is 0 Å². The maximum absolute atomic E-state index is 12.3. The third-order valence-electron chi connectivity index (χ3n) is 2.59. The Morgan fingerprint density at radius 3 is 2.42 bits per heavy atom. The van der Waals surface area contributed by atoms with E-state index < -0.39 is 0 Å². The number of hydrogen-bond donors (Lipinski definition) is 0. The van der Waals surface area contributed by atoms with E-state index in [0.29, 0.717) is 24.4 Å². The molecule has 0 heterocycles. The third-order valence-corrected chi connectivity index (χ3v) is 2.59.